The van der Waals surface area contributed by atoms with E-state index in [1.807, 2.05) is 27.7 Å². The molecule has 22 heavy (non-hydrogen) atoms. The maximum Gasteiger partial charge on any atom is 0.0394 e. The highest BCUT2D eigenvalue weighted by atomic mass is 15.2. The summed E-state index contributed by atoms with van der Waals surface area (Å²) in [5, 5.41) is 0. The molecule has 0 radical (unpaired) electrons. The minimum absolute atomic E-state index is 0.602. The molecule has 1 atom stereocenters. The van der Waals surface area contributed by atoms with E-state index in [0.717, 1.165) is 6.54 Å². The molecule has 0 saturated heterocycles. The van der Waals surface area contributed by atoms with Crippen molar-refractivity contribution < 1.29 is 0 Å². The lowest BCUT2D eigenvalue weighted by Crippen LogP contribution is -2.39. The Morgan fingerprint density at radius 1 is 0.773 bits per heavy atom. The zero-order valence-electron chi connectivity index (χ0n) is 14.5. The second-order valence-electron chi connectivity index (χ2n) is 5.41. The SMILES string of the molecule is CC.CC.c1ccc2c(c1)C[C@H]1c3ccccc3CCN1C2. The van der Waals surface area contributed by atoms with Crippen molar-refractivity contribution in [2.75, 3.05) is 6.54 Å². The van der Waals surface area contributed by atoms with E-state index in [1.165, 1.54) is 30.5 Å². The normalized spacial score (nSPS) is 18.5. The number of hydrogen-bond acceptors (Lipinski definition) is 1. The lowest BCUT2D eigenvalue weighted by Gasteiger charge is -2.41. The Morgan fingerprint density at radius 3 is 2.09 bits per heavy atom. The van der Waals surface area contributed by atoms with E-state index in [1.54, 1.807) is 11.1 Å². The van der Waals surface area contributed by atoms with Crippen LogP contribution in [0.2, 0.25) is 0 Å². The number of rotatable bonds is 0. The molecule has 118 valence electrons. The van der Waals surface area contributed by atoms with E-state index in [-0.39, 0.29) is 0 Å². The van der Waals surface area contributed by atoms with Crippen molar-refractivity contribution in [2.24, 2.45) is 0 Å². The molecule has 0 aromatic heterocycles. The van der Waals surface area contributed by atoms with Crippen molar-refractivity contribution in [1.29, 1.82) is 0 Å². The van der Waals surface area contributed by atoms with Crippen molar-refractivity contribution in [1.82, 2.24) is 4.90 Å². The van der Waals surface area contributed by atoms with Crippen molar-refractivity contribution in [2.45, 2.75) is 53.1 Å². The molecular formula is C21H29N. The standard InChI is InChI=1S/C17H17N.2C2H6/c1-2-7-15-12-18-10-9-13-5-3-4-8-16(13)17(18)11-14(15)6-1;2*1-2/h1-8,17H,9-12H2;2*1-2H3/t17-;;/m0../s1. The molecule has 2 heterocycles. The molecule has 0 saturated carbocycles. The third-order valence-electron chi connectivity index (χ3n) is 4.43. The van der Waals surface area contributed by atoms with Crippen molar-refractivity contribution in [3.05, 3.63) is 70.8 Å². The van der Waals surface area contributed by atoms with Crippen molar-refractivity contribution in [3.63, 3.8) is 0 Å². The summed E-state index contributed by atoms with van der Waals surface area (Å²) in [6.07, 6.45) is 2.38. The zero-order chi connectivity index (χ0) is 15.9. The van der Waals surface area contributed by atoms with Gasteiger partial charge in [0.2, 0.25) is 0 Å². The van der Waals surface area contributed by atoms with Gasteiger partial charge in [-0.25, -0.2) is 0 Å². The predicted octanol–water partition coefficient (Wildman–Crippen LogP) is 5.39. The molecule has 1 heteroatoms. The van der Waals surface area contributed by atoms with Crippen LogP contribution < -0.4 is 0 Å². The Balaban J connectivity index is 0.000000410. The van der Waals surface area contributed by atoms with Crippen LogP contribution in [-0.2, 0) is 19.4 Å². The number of hydrogen-bond donors (Lipinski definition) is 0. The van der Waals surface area contributed by atoms with Gasteiger partial charge in [0.05, 0.1) is 0 Å². The fourth-order valence-corrected chi connectivity index (χ4v) is 3.47. The molecule has 0 spiro atoms. The minimum atomic E-state index is 0.602. The van der Waals surface area contributed by atoms with E-state index in [2.05, 4.69) is 53.4 Å². The van der Waals surface area contributed by atoms with Gasteiger partial charge in [-0.15, -0.1) is 0 Å². The average molecular weight is 295 g/mol. The highest BCUT2D eigenvalue weighted by Gasteiger charge is 2.31. The summed E-state index contributed by atoms with van der Waals surface area (Å²) in [5.41, 5.74) is 6.17. The van der Waals surface area contributed by atoms with Gasteiger partial charge >= 0.3 is 0 Å². The van der Waals surface area contributed by atoms with Crippen LogP contribution in [0, 0.1) is 0 Å². The Hall–Kier alpha value is -1.60. The second kappa shape index (κ2) is 8.14. The summed E-state index contributed by atoms with van der Waals surface area (Å²) in [4.78, 5) is 2.64. The first-order valence-corrected chi connectivity index (χ1v) is 8.80. The van der Waals surface area contributed by atoms with E-state index in [4.69, 9.17) is 0 Å². The maximum atomic E-state index is 2.64. The van der Waals surface area contributed by atoms with Crippen LogP contribution in [0.4, 0.5) is 0 Å². The summed E-state index contributed by atoms with van der Waals surface area (Å²) < 4.78 is 0. The van der Waals surface area contributed by atoms with Crippen LogP contribution in [0.3, 0.4) is 0 Å². The smallest absolute Gasteiger partial charge is 0.0394 e. The molecule has 2 aliphatic heterocycles. The van der Waals surface area contributed by atoms with Crippen LogP contribution in [-0.4, -0.2) is 11.4 Å². The van der Waals surface area contributed by atoms with Gasteiger partial charge < -0.3 is 0 Å². The highest BCUT2D eigenvalue weighted by molar-refractivity contribution is 5.38. The Labute approximate surface area is 136 Å². The zero-order valence-corrected chi connectivity index (χ0v) is 14.5. The monoisotopic (exact) mass is 295 g/mol. The molecule has 2 aliphatic rings. The highest BCUT2D eigenvalue weighted by Crippen LogP contribution is 2.37. The fourth-order valence-electron chi connectivity index (χ4n) is 3.47. The van der Waals surface area contributed by atoms with Gasteiger partial charge in [0.25, 0.3) is 0 Å². The van der Waals surface area contributed by atoms with Gasteiger partial charge in [-0.05, 0) is 35.1 Å². The van der Waals surface area contributed by atoms with Crippen molar-refractivity contribution in [3.8, 4) is 0 Å². The molecular weight excluding hydrogens is 266 g/mol. The first kappa shape index (κ1) is 16.8. The largest absolute Gasteiger partial charge is 0.291 e. The predicted molar refractivity (Wildman–Crippen MR) is 96.1 cm³/mol. The van der Waals surface area contributed by atoms with Gasteiger partial charge in [0.1, 0.15) is 0 Å². The fraction of sp³-hybridized carbons (Fsp3) is 0.429. The molecule has 4 rings (SSSR count). The lowest BCUT2D eigenvalue weighted by atomic mass is 9.84. The second-order valence-corrected chi connectivity index (χ2v) is 5.41. The Bertz CT molecular complexity index is 588. The molecule has 0 aliphatic carbocycles. The molecule has 1 nitrogen and oxygen atoms in total. The quantitative estimate of drug-likeness (QED) is 0.629. The van der Waals surface area contributed by atoms with E-state index in [0.29, 0.717) is 6.04 Å². The molecule has 0 amide bonds. The first-order valence-electron chi connectivity index (χ1n) is 8.80. The molecule has 0 unspecified atom stereocenters. The van der Waals surface area contributed by atoms with Gasteiger partial charge in [-0.1, -0.05) is 76.2 Å². The molecule has 0 fully saturated rings. The van der Waals surface area contributed by atoms with Crippen LogP contribution >= 0.6 is 0 Å². The summed E-state index contributed by atoms with van der Waals surface area (Å²) in [6.45, 7) is 10.3. The van der Waals surface area contributed by atoms with Crippen LogP contribution in [0.25, 0.3) is 0 Å². The number of nitrogens with zero attached hydrogens (tertiary/aromatic N) is 1. The van der Waals surface area contributed by atoms with Crippen LogP contribution in [0.1, 0.15) is 56.0 Å². The minimum Gasteiger partial charge on any atom is -0.291 e. The van der Waals surface area contributed by atoms with Gasteiger partial charge in [-0.3, -0.25) is 4.90 Å². The third-order valence-corrected chi connectivity index (χ3v) is 4.43. The molecule has 2 aromatic rings. The van der Waals surface area contributed by atoms with Gasteiger partial charge in [0.15, 0.2) is 0 Å². The van der Waals surface area contributed by atoms with E-state index < -0.39 is 0 Å². The summed E-state index contributed by atoms with van der Waals surface area (Å²) in [6, 6.07) is 18.5. The molecule has 0 bridgehead atoms. The van der Waals surface area contributed by atoms with Crippen LogP contribution in [0.15, 0.2) is 48.5 Å². The lowest BCUT2D eigenvalue weighted by molar-refractivity contribution is 0.161. The Kier molecular flexibility index (Phi) is 6.21. The van der Waals surface area contributed by atoms with Crippen molar-refractivity contribution >= 4 is 0 Å². The summed E-state index contributed by atoms with van der Waals surface area (Å²) in [5.74, 6) is 0. The summed E-state index contributed by atoms with van der Waals surface area (Å²) in [7, 11) is 0. The third kappa shape index (κ3) is 3.25. The van der Waals surface area contributed by atoms with Gasteiger partial charge in [0, 0.05) is 19.1 Å². The number of fused-ring (bicyclic) bond motifs is 4. The Morgan fingerprint density at radius 2 is 1.36 bits per heavy atom. The van der Waals surface area contributed by atoms with E-state index >= 15 is 0 Å². The van der Waals surface area contributed by atoms with E-state index in [9.17, 15) is 0 Å². The molecule has 2 aromatic carbocycles. The molecule has 0 N–H and O–H groups in total. The number of benzene rings is 2. The average Bonchev–Trinajstić information content (AvgIpc) is 2.63. The van der Waals surface area contributed by atoms with Crippen LogP contribution in [0.5, 0.6) is 0 Å². The topological polar surface area (TPSA) is 3.24 Å². The first-order chi connectivity index (χ1) is 10.9. The van der Waals surface area contributed by atoms with Gasteiger partial charge in [-0.2, -0.15) is 0 Å². The maximum absolute atomic E-state index is 2.64. The summed E-state index contributed by atoms with van der Waals surface area (Å²) >= 11 is 0.